The van der Waals surface area contributed by atoms with Gasteiger partial charge < -0.3 is 9.84 Å². The molecule has 6 heteroatoms. The number of hydrogen-bond donors (Lipinski definition) is 1. The first-order valence-electron chi connectivity index (χ1n) is 7.93. The number of carbonyl (C=O) groups excluding carboxylic acids is 1. The molecular formula is C17H22N4O2. The topological polar surface area (TPSA) is 71.3 Å². The lowest BCUT2D eigenvalue weighted by Crippen LogP contribution is -2.25. The second-order valence-corrected chi connectivity index (χ2v) is 6.22. The molecule has 0 bridgehead atoms. The fourth-order valence-corrected chi connectivity index (χ4v) is 2.35. The second kappa shape index (κ2) is 6.50. The lowest BCUT2D eigenvalue weighted by atomic mass is 10.1. The summed E-state index contributed by atoms with van der Waals surface area (Å²) in [7, 11) is 2.01. The number of nitrogens with zero attached hydrogens (tertiary/aromatic N) is 3. The molecule has 1 amide bonds. The molecule has 1 aromatic heterocycles. The number of aryl methyl sites for hydroxylation is 1. The molecule has 122 valence electrons. The van der Waals surface area contributed by atoms with Crippen molar-refractivity contribution in [2.75, 3.05) is 7.05 Å². The van der Waals surface area contributed by atoms with Gasteiger partial charge in [0.2, 0.25) is 5.89 Å². The zero-order chi connectivity index (χ0) is 16.4. The minimum Gasteiger partial charge on any atom is -0.349 e. The molecule has 2 aromatic rings. The molecule has 6 nitrogen and oxygen atoms in total. The van der Waals surface area contributed by atoms with Crippen LogP contribution in [-0.2, 0) is 6.54 Å². The first-order chi connectivity index (χ1) is 11.0. The Kier molecular flexibility index (Phi) is 4.43. The van der Waals surface area contributed by atoms with Gasteiger partial charge in [-0.15, -0.1) is 0 Å². The van der Waals surface area contributed by atoms with Gasteiger partial charge >= 0.3 is 0 Å². The summed E-state index contributed by atoms with van der Waals surface area (Å²) in [4.78, 5) is 18.4. The predicted octanol–water partition coefficient (Wildman–Crippen LogP) is 2.46. The Bertz CT molecular complexity index is 676. The highest BCUT2D eigenvalue weighted by Gasteiger charge is 2.23. The lowest BCUT2D eigenvalue weighted by molar-refractivity contribution is 0.0951. The number of benzene rings is 1. The van der Waals surface area contributed by atoms with Crippen LogP contribution < -0.4 is 5.32 Å². The van der Waals surface area contributed by atoms with Gasteiger partial charge in [-0.3, -0.25) is 9.69 Å². The first-order valence-corrected chi connectivity index (χ1v) is 7.93. The molecule has 1 N–H and O–H groups in total. The molecule has 1 saturated carbocycles. The van der Waals surface area contributed by atoms with Crippen LogP contribution in [0.2, 0.25) is 0 Å². The summed E-state index contributed by atoms with van der Waals surface area (Å²) >= 11 is 0. The monoisotopic (exact) mass is 314 g/mol. The average molecular weight is 314 g/mol. The summed E-state index contributed by atoms with van der Waals surface area (Å²) in [5, 5.41) is 6.83. The zero-order valence-electron chi connectivity index (χ0n) is 13.7. The maximum absolute atomic E-state index is 12.0. The zero-order valence-corrected chi connectivity index (χ0v) is 13.7. The molecule has 0 saturated heterocycles. The van der Waals surface area contributed by atoms with E-state index in [1.165, 1.54) is 0 Å². The standard InChI is InChI=1S/C17H22N4O2/c1-11(17-18-12(2)20-23-17)21(3)10-13-4-6-14(7-5-13)16(22)19-15-8-9-15/h4-7,11,15H,8-10H2,1-3H3,(H,19,22)/t11-/m0/s1. The van der Waals surface area contributed by atoms with Crippen molar-refractivity contribution in [1.29, 1.82) is 0 Å². The Hall–Kier alpha value is -2.21. The summed E-state index contributed by atoms with van der Waals surface area (Å²) in [5.41, 5.74) is 1.85. The molecule has 1 atom stereocenters. The van der Waals surface area contributed by atoms with Gasteiger partial charge in [0.05, 0.1) is 6.04 Å². The second-order valence-electron chi connectivity index (χ2n) is 6.22. The molecule has 0 aliphatic heterocycles. The number of aromatic nitrogens is 2. The van der Waals surface area contributed by atoms with E-state index in [1.54, 1.807) is 0 Å². The molecule has 0 spiro atoms. The van der Waals surface area contributed by atoms with E-state index in [2.05, 4.69) is 20.4 Å². The summed E-state index contributed by atoms with van der Waals surface area (Å²) in [5.74, 6) is 1.28. The van der Waals surface area contributed by atoms with Crippen LogP contribution in [0.4, 0.5) is 0 Å². The molecular weight excluding hydrogens is 292 g/mol. The number of nitrogens with one attached hydrogen (secondary N) is 1. The summed E-state index contributed by atoms with van der Waals surface area (Å²) in [6, 6.07) is 8.15. The van der Waals surface area contributed by atoms with E-state index < -0.39 is 0 Å². The highest BCUT2D eigenvalue weighted by molar-refractivity contribution is 5.94. The van der Waals surface area contributed by atoms with E-state index in [0.717, 1.165) is 24.9 Å². The van der Waals surface area contributed by atoms with E-state index in [4.69, 9.17) is 4.52 Å². The van der Waals surface area contributed by atoms with E-state index >= 15 is 0 Å². The average Bonchev–Trinajstić information content (AvgIpc) is 3.25. The molecule has 1 aromatic carbocycles. The normalized spacial score (nSPS) is 15.7. The van der Waals surface area contributed by atoms with Crippen LogP contribution in [0.1, 0.15) is 53.4 Å². The number of carbonyl (C=O) groups is 1. The molecule has 1 fully saturated rings. The van der Waals surface area contributed by atoms with Crippen LogP contribution in [0.25, 0.3) is 0 Å². The summed E-state index contributed by atoms with van der Waals surface area (Å²) in [6.07, 6.45) is 2.20. The van der Waals surface area contributed by atoms with Crippen LogP contribution in [0, 0.1) is 6.92 Å². The van der Waals surface area contributed by atoms with Gasteiger partial charge in [0, 0.05) is 18.2 Å². The molecule has 1 aliphatic rings. The maximum Gasteiger partial charge on any atom is 0.251 e. The van der Waals surface area contributed by atoms with Crippen molar-refractivity contribution in [3.05, 3.63) is 47.1 Å². The van der Waals surface area contributed by atoms with Crippen LogP contribution >= 0.6 is 0 Å². The van der Waals surface area contributed by atoms with Crippen LogP contribution in [0.15, 0.2) is 28.8 Å². The molecule has 0 radical (unpaired) electrons. The van der Waals surface area contributed by atoms with Crippen molar-refractivity contribution >= 4 is 5.91 Å². The number of hydrogen-bond acceptors (Lipinski definition) is 5. The SMILES string of the molecule is Cc1noc([C@H](C)N(C)Cc2ccc(C(=O)NC3CC3)cc2)n1. The Balaban J connectivity index is 1.59. The van der Waals surface area contributed by atoms with Gasteiger partial charge in [-0.25, -0.2) is 0 Å². The van der Waals surface area contributed by atoms with Gasteiger partial charge in [0.25, 0.3) is 5.91 Å². The van der Waals surface area contributed by atoms with Crippen LogP contribution in [0.5, 0.6) is 0 Å². The number of rotatable bonds is 6. The lowest BCUT2D eigenvalue weighted by Gasteiger charge is -2.21. The molecule has 23 heavy (non-hydrogen) atoms. The van der Waals surface area contributed by atoms with Crippen molar-refractivity contribution < 1.29 is 9.32 Å². The smallest absolute Gasteiger partial charge is 0.251 e. The van der Waals surface area contributed by atoms with Gasteiger partial charge in [0.1, 0.15) is 0 Å². The van der Waals surface area contributed by atoms with Crippen molar-refractivity contribution in [3.63, 3.8) is 0 Å². The van der Waals surface area contributed by atoms with Crippen molar-refractivity contribution in [1.82, 2.24) is 20.4 Å². The summed E-state index contributed by atoms with van der Waals surface area (Å²) < 4.78 is 5.22. The predicted molar refractivity (Wildman–Crippen MR) is 85.8 cm³/mol. The van der Waals surface area contributed by atoms with Gasteiger partial charge in [-0.1, -0.05) is 17.3 Å². The Morgan fingerprint density at radius 3 is 2.65 bits per heavy atom. The third kappa shape index (κ3) is 3.96. The largest absolute Gasteiger partial charge is 0.349 e. The quantitative estimate of drug-likeness (QED) is 0.887. The van der Waals surface area contributed by atoms with Crippen LogP contribution in [0.3, 0.4) is 0 Å². The number of amides is 1. The van der Waals surface area contributed by atoms with Gasteiger partial charge in [-0.05, 0) is 51.4 Å². The third-order valence-electron chi connectivity index (χ3n) is 4.12. The molecule has 1 heterocycles. The Labute approximate surface area is 135 Å². The van der Waals surface area contributed by atoms with Gasteiger partial charge in [-0.2, -0.15) is 4.98 Å². The fourth-order valence-electron chi connectivity index (χ4n) is 2.35. The molecule has 1 aliphatic carbocycles. The highest BCUT2D eigenvalue weighted by atomic mass is 16.5. The first kappa shape index (κ1) is 15.7. The Morgan fingerprint density at radius 2 is 2.09 bits per heavy atom. The maximum atomic E-state index is 12.0. The highest BCUT2D eigenvalue weighted by Crippen LogP contribution is 2.21. The summed E-state index contributed by atoms with van der Waals surface area (Å²) in [6.45, 7) is 4.59. The fraction of sp³-hybridized carbons (Fsp3) is 0.471. The third-order valence-corrected chi connectivity index (χ3v) is 4.12. The van der Waals surface area contributed by atoms with E-state index in [9.17, 15) is 4.79 Å². The van der Waals surface area contributed by atoms with E-state index in [0.29, 0.717) is 23.3 Å². The van der Waals surface area contributed by atoms with E-state index in [1.807, 2.05) is 45.2 Å². The minimum atomic E-state index is 0.0158. The van der Waals surface area contributed by atoms with Crippen LogP contribution in [-0.4, -0.2) is 34.0 Å². The minimum absolute atomic E-state index is 0.0158. The van der Waals surface area contributed by atoms with Crippen molar-refractivity contribution in [3.8, 4) is 0 Å². The van der Waals surface area contributed by atoms with Gasteiger partial charge in [0.15, 0.2) is 5.82 Å². The Morgan fingerprint density at radius 1 is 1.39 bits per heavy atom. The molecule has 3 rings (SSSR count). The molecule has 0 unspecified atom stereocenters. The van der Waals surface area contributed by atoms with Crippen molar-refractivity contribution in [2.45, 2.75) is 45.3 Å². The van der Waals surface area contributed by atoms with E-state index in [-0.39, 0.29) is 11.9 Å². The van der Waals surface area contributed by atoms with Crippen molar-refractivity contribution in [2.24, 2.45) is 0 Å².